The van der Waals surface area contributed by atoms with Gasteiger partial charge in [0.25, 0.3) is 0 Å². The van der Waals surface area contributed by atoms with E-state index in [1.54, 1.807) is 0 Å². The van der Waals surface area contributed by atoms with Gasteiger partial charge in [-0.3, -0.25) is 4.79 Å². The zero-order valence-corrected chi connectivity index (χ0v) is 11.2. The molecule has 0 radical (unpaired) electrons. The lowest BCUT2D eigenvalue weighted by Crippen LogP contribution is -2.44. The van der Waals surface area contributed by atoms with Crippen LogP contribution in [0.2, 0.25) is 0 Å². The molecule has 1 saturated heterocycles. The second-order valence-corrected chi connectivity index (χ2v) is 5.80. The van der Waals surface area contributed by atoms with Gasteiger partial charge in [-0.1, -0.05) is 12.8 Å². The Bertz CT molecular complexity index is 265. The summed E-state index contributed by atoms with van der Waals surface area (Å²) < 4.78 is 0. The molecule has 0 spiro atoms. The van der Waals surface area contributed by atoms with E-state index in [2.05, 4.69) is 10.6 Å². The van der Waals surface area contributed by atoms with Crippen LogP contribution in [0.15, 0.2) is 0 Å². The van der Waals surface area contributed by atoms with Gasteiger partial charge in [-0.25, -0.2) is 0 Å². The Labute approximate surface area is 110 Å². The van der Waals surface area contributed by atoms with E-state index in [-0.39, 0.29) is 24.5 Å². The fourth-order valence-electron chi connectivity index (χ4n) is 3.23. The van der Waals surface area contributed by atoms with Gasteiger partial charge in [0.2, 0.25) is 5.91 Å². The fourth-order valence-corrected chi connectivity index (χ4v) is 3.23. The number of piperidine rings is 1. The van der Waals surface area contributed by atoms with Gasteiger partial charge in [0.15, 0.2) is 0 Å². The number of hydrogen-bond donors (Lipinski definition) is 3. The van der Waals surface area contributed by atoms with E-state index in [1.807, 2.05) is 0 Å². The molecule has 2 atom stereocenters. The van der Waals surface area contributed by atoms with Crippen LogP contribution < -0.4 is 10.6 Å². The highest BCUT2D eigenvalue weighted by Gasteiger charge is 2.26. The zero-order chi connectivity index (χ0) is 12.8. The SMILES string of the molecule is O=C(CC1CCNCC1)N[C@@H]1CCCC[C@H]1CO. The average molecular weight is 254 g/mol. The number of aliphatic hydroxyl groups excluding tert-OH is 1. The molecule has 2 rings (SSSR count). The molecular weight excluding hydrogens is 228 g/mol. The van der Waals surface area contributed by atoms with Crippen molar-refractivity contribution in [1.82, 2.24) is 10.6 Å². The lowest BCUT2D eigenvalue weighted by atomic mass is 9.84. The Balaban J connectivity index is 1.75. The summed E-state index contributed by atoms with van der Waals surface area (Å²) in [6, 6.07) is 0.206. The number of hydrogen-bond acceptors (Lipinski definition) is 3. The predicted molar refractivity (Wildman–Crippen MR) is 71.2 cm³/mol. The van der Waals surface area contributed by atoms with Crippen LogP contribution in [0.25, 0.3) is 0 Å². The third-order valence-corrected chi connectivity index (χ3v) is 4.42. The van der Waals surface area contributed by atoms with Gasteiger partial charge < -0.3 is 15.7 Å². The first kappa shape index (κ1) is 13.8. The Morgan fingerprint density at radius 2 is 1.89 bits per heavy atom. The van der Waals surface area contributed by atoms with Crippen molar-refractivity contribution in [2.24, 2.45) is 11.8 Å². The Hall–Kier alpha value is -0.610. The maximum Gasteiger partial charge on any atom is 0.220 e. The van der Waals surface area contributed by atoms with Crippen molar-refractivity contribution in [3.05, 3.63) is 0 Å². The summed E-state index contributed by atoms with van der Waals surface area (Å²) in [5, 5.41) is 15.8. The van der Waals surface area contributed by atoms with Crippen LogP contribution in [0.4, 0.5) is 0 Å². The fraction of sp³-hybridized carbons (Fsp3) is 0.929. The summed E-state index contributed by atoms with van der Waals surface area (Å²) in [5.74, 6) is 1.00. The quantitative estimate of drug-likeness (QED) is 0.702. The van der Waals surface area contributed by atoms with E-state index in [4.69, 9.17) is 0 Å². The van der Waals surface area contributed by atoms with Gasteiger partial charge in [-0.05, 0) is 44.7 Å². The first-order valence-electron chi connectivity index (χ1n) is 7.40. The molecule has 4 nitrogen and oxygen atoms in total. The number of rotatable bonds is 4. The van der Waals surface area contributed by atoms with Crippen LogP contribution >= 0.6 is 0 Å². The molecule has 18 heavy (non-hydrogen) atoms. The highest BCUT2D eigenvalue weighted by atomic mass is 16.3. The van der Waals surface area contributed by atoms with Crippen molar-refractivity contribution in [3.63, 3.8) is 0 Å². The lowest BCUT2D eigenvalue weighted by molar-refractivity contribution is -0.123. The molecule has 1 amide bonds. The molecule has 0 aromatic heterocycles. The minimum Gasteiger partial charge on any atom is -0.396 e. The molecule has 4 heteroatoms. The second kappa shape index (κ2) is 7.10. The summed E-state index contributed by atoms with van der Waals surface area (Å²) in [6.07, 6.45) is 7.33. The van der Waals surface area contributed by atoms with E-state index in [1.165, 1.54) is 12.8 Å². The largest absolute Gasteiger partial charge is 0.396 e. The standard InChI is InChI=1S/C14H26N2O2/c17-10-12-3-1-2-4-13(12)16-14(18)9-11-5-7-15-8-6-11/h11-13,15,17H,1-10H2,(H,16,18)/t12-,13+/m0/s1. The lowest BCUT2D eigenvalue weighted by Gasteiger charge is -2.31. The van der Waals surface area contributed by atoms with Crippen molar-refractivity contribution >= 4 is 5.91 Å². The van der Waals surface area contributed by atoms with E-state index < -0.39 is 0 Å². The third kappa shape index (κ3) is 3.95. The maximum absolute atomic E-state index is 12.0. The number of amides is 1. The van der Waals surface area contributed by atoms with Crippen LogP contribution in [-0.2, 0) is 4.79 Å². The smallest absolute Gasteiger partial charge is 0.220 e. The minimum atomic E-state index is 0.187. The first-order valence-corrected chi connectivity index (χ1v) is 7.40. The highest BCUT2D eigenvalue weighted by Crippen LogP contribution is 2.24. The molecule has 104 valence electrons. The van der Waals surface area contributed by atoms with E-state index >= 15 is 0 Å². The Morgan fingerprint density at radius 1 is 1.17 bits per heavy atom. The molecule has 1 saturated carbocycles. The van der Waals surface area contributed by atoms with Crippen molar-refractivity contribution in [2.45, 2.75) is 51.0 Å². The molecule has 0 unspecified atom stereocenters. The van der Waals surface area contributed by atoms with E-state index in [0.29, 0.717) is 12.3 Å². The molecule has 2 fully saturated rings. The van der Waals surface area contributed by atoms with Crippen molar-refractivity contribution in [2.75, 3.05) is 19.7 Å². The van der Waals surface area contributed by atoms with Gasteiger partial charge in [0.05, 0.1) is 0 Å². The number of nitrogens with one attached hydrogen (secondary N) is 2. The van der Waals surface area contributed by atoms with Gasteiger partial charge >= 0.3 is 0 Å². The van der Waals surface area contributed by atoms with Crippen LogP contribution in [0, 0.1) is 11.8 Å². The molecule has 0 aromatic carbocycles. The average Bonchev–Trinajstić information content (AvgIpc) is 2.40. The maximum atomic E-state index is 12.0. The molecule has 3 N–H and O–H groups in total. The van der Waals surface area contributed by atoms with Gasteiger partial charge in [0, 0.05) is 25.0 Å². The van der Waals surface area contributed by atoms with Gasteiger partial charge in [-0.2, -0.15) is 0 Å². The monoisotopic (exact) mass is 254 g/mol. The summed E-state index contributed by atoms with van der Waals surface area (Å²) >= 11 is 0. The van der Waals surface area contributed by atoms with Gasteiger partial charge in [0.1, 0.15) is 0 Å². The van der Waals surface area contributed by atoms with Crippen LogP contribution in [0.3, 0.4) is 0 Å². The summed E-state index contributed by atoms with van der Waals surface area (Å²) in [4.78, 5) is 12.0. The number of carbonyl (C=O) groups is 1. The van der Waals surface area contributed by atoms with Crippen LogP contribution in [-0.4, -0.2) is 36.8 Å². The highest BCUT2D eigenvalue weighted by molar-refractivity contribution is 5.76. The van der Waals surface area contributed by atoms with Crippen LogP contribution in [0.5, 0.6) is 0 Å². The predicted octanol–water partition coefficient (Wildman–Crippen LogP) is 1.04. The van der Waals surface area contributed by atoms with Crippen LogP contribution in [0.1, 0.15) is 44.9 Å². The molecule has 2 aliphatic rings. The Morgan fingerprint density at radius 3 is 2.61 bits per heavy atom. The minimum absolute atomic E-state index is 0.187. The second-order valence-electron chi connectivity index (χ2n) is 5.80. The van der Waals surface area contributed by atoms with Gasteiger partial charge in [-0.15, -0.1) is 0 Å². The van der Waals surface area contributed by atoms with E-state index in [9.17, 15) is 9.90 Å². The molecular formula is C14H26N2O2. The first-order chi connectivity index (χ1) is 8.79. The number of carbonyl (C=O) groups excluding carboxylic acids is 1. The molecule has 0 bridgehead atoms. The molecule has 0 aromatic rings. The normalized spacial score (nSPS) is 30.1. The third-order valence-electron chi connectivity index (χ3n) is 4.42. The van der Waals surface area contributed by atoms with E-state index in [0.717, 1.165) is 38.8 Å². The molecule has 1 heterocycles. The summed E-state index contributed by atoms with van der Waals surface area (Å²) in [6.45, 7) is 2.29. The summed E-state index contributed by atoms with van der Waals surface area (Å²) in [5.41, 5.74) is 0. The number of aliphatic hydroxyl groups is 1. The topological polar surface area (TPSA) is 61.4 Å². The Kier molecular flexibility index (Phi) is 5.45. The molecule has 1 aliphatic heterocycles. The van der Waals surface area contributed by atoms with Crippen molar-refractivity contribution in [1.29, 1.82) is 0 Å². The molecule has 1 aliphatic carbocycles. The van der Waals surface area contributed by atoms with Crippen molar-refractivity contribution in [3.8, 4) is 0 Å². The van der Waals surface area contributed by atoms with Crippen molar-refractivity contribution < 1.29 is 9.90 Å². The summed E-state index contributed by atoms with van der Waals surface area (Å²) in [7, 11) is 0. The zero-order valence-electron chi connectivity index (χ0n) is 11.2.